The van der Waals surface area contributed by atoms with Crippen LogP contribution in [0.5, 0.6) is 0 Å². The van der Waals surface area contributed by atoms with Crippen molar-refractivity contribution in [3.63, 3.8) is 0 Å². The molecule has 0 radical (unpaired) electrons. The van der Waals surface area contributed by atoms with Crippen molar-refractivity contribution >= 4 is 34.8 Å². The molecule has 6 rings (SSSR count). The number of hydrogen-bond acceptors (Lipinski definition) is 7. The molecule has 3 saturated heterocycles. The van der Waals surface area contributed by atoms with Crippen molar-refractivity contribution in [1.29, 1.82) is 0 Å². The zero-order chi connectivity index (χ0) is 22.4. The lowest BCUT2D eigenvalue weighted by atomic mass is 9.76. The number of rotatable bonds is 2. The first-order valence-electron chi connectivity index (χ1n) is 10.5. The second-order valence-electron chi connectivity index (χ2n) is 8.66. The molecule has 32 heavy (non-hydrogen) atoms. The molecule has 2 aromatic carbocycles. The number of carbonyl (C=O) groups excluding carboxylic acids is 4. The highest BCUT2D eigenvalue weighted by molar-refractivity contribution is 6.37. The molecule has 1 spiro atoms. The molecule has 9 heteroatoms. The minimum Gasteiger partial charge on any atom is -0.291 e. The van der Waals surface area contributed by atoms with Gasteiger partial charge in [0.1, 0.15) is 0 Å². The Morgan fingerprint density at radius 1 is 0.906 bits per heavy atom. The summed E-state index contributed by atoms with van der Waals surface area (Å²) < 4.78 is 0. The molecule has 4 aliphatic rings. The van der Waals surface area contributed by atoms with Gasteiger partial charge in [0.05, 0.1) is 22.4 Å². The van der Waals surface area contributed by atoms with E-state index in [0.29, 0.717) is 13.0 Å². The van der Waals surface area contributed by atoms with E-state index in [2.05, 4.69) is 0 Å². The van der Waals surface area contributed by atoms with Gasteiger partial charge in [-0.25, -0.2) is 4.90 Å². The van der Waals surface area contributed by atoms with Gasteiger partial charge in [0.25, 0.3) is 5.69 Å². The van der Waals surface area contributed by atoms with E-state index in [1.807, 2.05) is 0 Å². The largest absolute Gasteiger partial charge is 0.291 e. The van der Waals surface area contributed by atoms with Crippen LogP contribution in [-0.2, 0) is 9.59 Å². The monoisotopic (exact) mass is 431 g/mol. The number of nitro groups is 1. The van der Waals surface area contributed by atoms with E-state index >= 15 is 0 Å². The number of hydrogen-bond donors (Lipinski definition) is 0. The summed E-state index contributed by atoms with van der Waals surface area (Å²) in [5.74, 6) is -3.80. The molecule has 0 unspecified atom stereocenters. The zero-order valence-corrected chi connectivity index (χ0v) is 16.8. The Morgan fingerprint density at radius 3 is 2.12 bits per heavy atom. The zero-order valence-electron chi connectivity index (χ0n) is 16.8. The van der Waals surface area contributed by atoms with Gasteiger partial charge in [0.15, 0.2) is 17.1 Å². The van der Waals surface area contributed by atoms with Crippen LogP contribution in [-0.4, -0.2) is 51.3 Å². The summed E-state index contributed by atoms with van der Waals surface area (Å²) in [6.07, 6.45) is 1.35. The van der Waals surface area contributed by atoms with Crippen molar-refractivity contribution in [3.8, 4) is 0 Å². The quantitative estimate of drug-likeness (QED) is 0.309. The summed E-state index contributed by atoms with van der Waals surface area (Å²) >= 11 is 0. The molecule has 2 aromatic rings. The summed E-state index contributed by atoms with van der Waals surface area (Å²) in [5.41, 5.74) is -1.08. The maximum absolute atomic E-state index is 13.7. The summed E-state index contributed by atoms with van der Waals surface area (Å²) in [4.78, 5) is 67.8. The fraction of sp³-hybridized carbons (Fsp3) is 0.304. The molecule has 2 amide bonds. The molecule has 0 bridgehead atoms. The van der Waals surface area contributed by atoms with E-state index in [1.165, 1.54) is 24.3 Å². The number of fused-ring (bicyclic) bond motifs is 6. The van der Waals surface area contributed by atoms with Gasteiger partial charge in [-0.3, -0.25) is 34.2 Å². The van der Waals surface area contributed by atoms with E-state index in [-0.39, 0.29) is 28.5 Å². The highest BCUT2D eigenvalue weighted by atomic mass is 16.6. The number of amides is 2. The van der Waals surface area contributed by atoms with Crippen molar-refractivity contribution in [2.45, 2.75) is 24.4 Å². The lowest BCUT2D eigenvalue weighted by molar-refractivity contribution is -0.384. The molecule has 1 aliphatic carbocycles. The van der Waals surface area contributed by atoms with Crippen LogP contribution in [0.1, 0.15) is 33.6 Å². The van der Waals surface area contributed by atoms with E-state index in [0.717, 1.165) is 11.3 Å². The van der Waals surface area contributed by atoms with Crippen LogP contribution in [0.3, 0.4) is 0 Å². The number of non-ortho nitro benzene ring substituents is 1. The maximum atomic E-state index is 13.7. The van der Waals surface area contributed by atoms with Gasteiger partial charge in [-0.1, -0.05) is 24.3 Å². The second-order valence-corrected chi connectivity index (χ2v) is 8.66. The number of benzene rings is 2. The minimum atomic E-state index is -1.70. The van der Waals surface area contributed by atoms with Crippen LogP contribution < -0.4 is 4.90 Å². The predicted molar refractivity (Wildman–Crippen MR) is 110 cm³/mol. The van der Waals surface area contributed by atoms with Crippen LogP contribution in [0.15, 0.2) is 48.5 Å². The molecule has 9 nitrogen and oxygen atoms in total. The van der Waals surface area contributed by atoms with Gasteiger partial charge in [-0.15, -0.1) is 0 Å². The Bertz CT molecular complexity index is 1220. The molecule has 3 atom stereocenters. The minimum absolute atomic E-state index is 0.164. The number of Topliss-reactive ketones (excluding diaryl/α,β-unsaturated/α-hetero) is 2. The third kappa shape index (κ3) is 2.02. The summed E-state index contributed by atoms with van der Waals surface area (Å²) in [5, 5.41) is 11.0. The first kappa shape index (κ1) is 19.0. The Morgan fingerprint density at radius 2 is 1.53 bits per heavy atom. The van der Waals surface area contributed by atoms with Crippen LogP contribution in [0.4, 0.5) is 11.4 Å². The van der Waals surface area contributed by atoms with E-state index in [1.54, 1.807) is 29.2 Å². The topological polar surface area (TPSA) is 118 Å². The average molecular weight is 431 g/mol. The van der Waals surface area contributed by atoms with Gasteiger partial charge in [0.2, 0.25) is 11.8 Å². The number of anilines is 1. The molecule has 3 heterocycles. The van der Waals surface area contributed by atoms with Crippen molar-refractivity contribution in [1.82, 2.24) is 4.90 Å². The Kier molecular flexibility index (Phi) is 3.66. The van der Waals surface area contributed by atoms with Gasteiger partial charge < -0.3 is 0 Å². The fourth-order valence-corrected chi connectivity index (χ4v) is 6.21. The van der Waals surface area contributed by atoms with E-state index in [9.17, 15) is 29.3 Å². The Balaban J connectivity index is 1.50. The Labute approximate surface area is 181 Å². The smallest absolute Gasteiger partial charge is 0.269 e. The van der Waals surface area contributed by atoms with Crippen molar-refractivity contribution in [3.05, 3.63) is 69.8 Å². The average Bonchev–Trinajstić information content (AvgIpc) is 3.49. The number of carbonyl (C=O) groups is 4. The van der Waals surface area contributed by atoms with Gasteiger partial charge >= 0.3 is 0 Å². The fourth-order valence-electron chi connectivity index (χ4n) is 6.21. The molecule has 3 aliphatic heterocycles. The molecule has 0 N–H and O–H groups in total. The highest BCUT2D eigenvalue weighted by Gasteiger charge is 2.76. The van der Waals surface area contributed by atoms with Crippen LogP contribution >= 0.6 is 0 Å². The predicted octanol–water partition coefficient (Wildman–Crippen LogP) is 2.00. The normalized spacial score (nSPS) is 27.9. The summed E-state index contributed by atoms with van der Waals surface area (Å²) in [6, 6.07) is 11.3. The summed E-state index contributed by atoms with van der Waals surface area (Å²) in [7, 11) is 0. The number of imide groups is 1. The standard InChI is InChI=1S/C23H17N3O6/c27-19-14-4-1-2-5-15(14)20(28)23(19)18-17(16-6-3-11-24(16)23)21(29)25(22(18)30)12-7-9-13(10-8-12)26(31)32/h1-2,4-5,7-10,16-18H,3,6,11H2/t16-,17-,18+/m1/s1. The lowest BCUT2D eigenvalue weighted by Gasteiger charge is -2.35. The maximum Gasteiger partial charge on any atom is 0.269 e. The van der Waals surface area contributed by atoms with Crippen LogP contribution in [0, 0.1) is 22.0 Å². The van der Waals surface area contributed by atoms with E-state index < -0.39 is 45.7 Å². The van der Waals surface area contributed by atoms with Crippen molar-refractivity contribution in [2.24, 2.45) is 11.8 Å². The number of nitro benzene ring substituents is 1. The van der Waals surface area contributed by atoms with Crippen molar-refractivity contribution in [2.75, 3.05) is 11.4 Å². The van der Waals surface area contributed by atoms with Gasteiger partial charge in [0, 0.05) is 29.3 Å². The molecule has 3 fully saturated rings. The molecular weight excluding hydrogens is 414 g/mol. The van der Waals surface area contributed by atoms with Crippen molar-refractivity contribution < 1.29 is 24.1 Å². The summed E-state index contributed by atoms with van der Waals surface area (Å²) in [6.45, 7) is 0.473. The molecule has 160 valence electrons. The SMILES string of the molecule is O=C1[C@@H]2[C@H]3CCCN3C3(C(=O)c4ccccc4C3=O)[C@@H]2C(=O)N1c1ccc([N+](=O)[O-])cc1. The number of ketones is 2. The second kappa shape index (κ2) is 6.17. The van der Waals surface area contributed by atoms with Gasteiger partial charge in [-0.2, -0.15) is 0 Å². The van der Waals surface area contributed by atoms with Crippen LogP contribution in [0.25, 0.3) is 0 Å². The van der Waals surface area contributed by atoms with E-state index in [4.69, 9.17) is 0 Å². The third-order valence-electron chi connectivity index (χ3n) is 7.40. The molecular formula is C23H17N3O6. The van der Waals surface area contributed by atoms with Gasteiger partial charge in [-0.05, 0) is 31.5 Å². The first-order valence-corrected chi connectivity index (χ1v) is 10.5. The molecule has 0 aromatic heterocycles. The lowest BCUT2D eigenvalue weighted by Crippen LogP contribution is -2.59. The first-order chi connectivity index (χ1) is 15.4. The van der Waals surface area contributed by atoms with Crippen LogP contribution in [0.2, 0.25) is 0 Å². The third-order valence-corrected chi connectivity index (χ3v) is 7.40. The number of nitrogens with zero attached hydrogens (tertiary/aromatic N) is 3. The Hall–Kier alpha value is -3.72. The highest BCUT2D eigenvalue weighted by Crippen LogP contribution is 2.57. The molecule has 0 saturated carbocycles.